The molecule has 6 aliphatic rings. The number of esters is 2. The fourth-order valence-electron chi connectivity index (χ4n) is 10.9. The van der Waals surface area contributed by atoms with E-state index in [4.69, 9.17) is 18.6 Å². The van der Waals surface area contributed by atoms with Gasteiger partial charge in [-0.2, -0.15) is 0 Å². The first kappa shape index (κ1) is 24.7. The summed E-state index contributed by atoms with van der Waals surface area (Å²) in [6.07, 6.45) is 0.0892. The largest absolute Gasteiger partial charge is 0.472 e. The number of rotatable bonds is 3. The number of hydrogen-bond acceptors (Lipinski definition) is 11. The number of ether oxygens (including phenoxy) is 3. The molecule has 1 spiro atoms. The maximum atomic E-state index is 14.3. The molecule has 3 heterocycles. The molecule has 4 N–H and O–H groups in total. The zero-order valence-electron chi connectivity index (χ0n) is 21.6. The van der Waals surface area contributed by atoms with Crippen molar-refractivity contribution in [2.24, 2.45) is 34.0 Å². The van der Waals surface area contributed by atoms with E-state index in [2.05, 4.69) is 0 Å². The standard InChI is InChI=1S/C27H32O11/c1-21-11-24(32)19-26(33)13(23(24,3)16(21)15(29)18(30)35-4)5-7-22(2)17(12-6-8-36-10-12)37-14(28)9-25(22,26)38-27(19,34)20(21)31/h6,8,10,13,15-17,19,29,32-34H,5,7,9,11H2,1-4H3/t13-,15+,16+,17+,19?,21?,22+,23-,24?,25-,26?,27-/m1/s1. The van der Waals surface area contributed by atoms with Crippen molar-refractivity contribution in [3.05, 3.63) is 24.2 Å². The lowest BCUT2D eigenvalue weighted by molar-refractivity contribution is -0.324. The van der Waals surface area contributed by atoms with E-state index in [1.807, 2.05) is 0 Å². The number of hydrogen-bond donors (Lipinski definition) is 4. The Morgan fingerprint density at radius 3 is 2.53 bits per heavy atom. The Morgan fingerprint density at radius 1 is 1.18 bits per heavy atom. The summed E-state index contributed by atoms with van der Waals surface area (Å²) in [5.41, 5.74) is -9.42. The molecule has 206 valence electrons. The van der Waals surface area contributed by atoms with E-state index < -0.39 is 92.9 Å². The Hall–Kier alpha value is -2.31. The molecule has 11 nitrogen and oxygen atoms in total. The Labute approximate surface area is 218 Å². The number of fused-ring (bicyclic) bond motifs is 2. The van der Waals surface area contributed by atoms with Gasteiger partial charge in [0, 0.05) is 27.7 Å². The van der Waals surface area contributed by atoms with Crippen molar-refractivity contribution >= 4 is 17.7 Å². The second-order valence-corrected chi connectivity index (χ2v) is 13.1. The summed E-state index contributed by atoms with van der Waals surface area (Å²) in [7, 11) is 1.11. The lowest BCUT2D eigenvalue weighted by Gasteiger charge is -2.63. The molecule has 4 aliphatic carbocycles. The average molecular weight is 533 g/mol. The van der Waals surface area contributed by atoms with Gasteiger partial charge in [0.1, 0.15) is 17.3 Å². The summed E-state index contributed by atoms with van der Waals surface area (Å²) in [6.45, 7) is 4.97. The minimum absolute atomic E-state index is 0.203. The number of furan rings is 1. The van der Waals surface area contributed by atoms with Crippen LogP contribution in [0, 0.1) is 34.0 Å². The number of aliphatic hydroxyl groups excluding tert-OH is 1. The van der Waals surface area contributed by atoms with E-state index in [0.29, 0.717) is 12.0 Å². The highest BCUT2D eigenvalue weighted by Gasteiger charge is 2.99. The quantitative estimate of drug-likeness (QED) is 0.397. The Morgan fingerprint density at radius 2 is 1.89 bits per heavy atom. The maximum Gasteiger partial charge on any atom is 0.335 e. The fraction of sp³-hybridized carbons (Fsp3) is 0.741. The van der Waals surface area contributed by atoms with Gasteiger partial charge in [-0.25, -0.2) is 4.79 Å². The van der Waals surface area contributed by atoms with Crippen LogP contribution in [0.3, 0.4) is 0 Å². The second kappa shape index (κ2) is 6.52. The molecular formula is C27H32O11. The first-order valence-corrected chi connectivity index (χ1v) is 13.0. The number of methoxy groups -OCH3 is 1. The minimum Gasteiger partial charge on any atom is -0.472 e. The maximum absolute atomic E-state index is 14.3. The first-order chi connectivity index (χ1) is 17.6. The monoisotopic (exact) mass is 532 g/mol. The molecule has 12 atom stereocenters. The highest BCUT2D eigenvalue weighted by molar-refractivity contribution is 5.96. The smallest absolute Gasteiger partial charge is 0.335 e. The first-order valence-electron chi connectivity index (χ1n) is 13.0. The van der Waals surface area contributed by atoms with E-state index in [0.717, 1.165) is 7.11 Å². The van der Waals surface area contributed by atoms with Gasteiger partial charge >= 0.3 is 11.9 Å². The fourth-order valence-corrected chi connectivity index (χ4v) is 10.9. The van der Waals surface area contributed by atoms with Gasteiger partial charge in [-0.1, -0.05) is 20.8 Å². The predicted octanol–water partition coefficient (Wildman–Crippen LogP) is 0.383. The zero-order valence-corrected chi connectivity index (χ0v) is 21.6. The van der Waals surface area contributed by atoms with Gasteiger partial charge in [-0.05, 0) is 31.2 Å². The van der Waals surface area contributed by atoms with Crippen LogP contribution in [-0.2, 0) is 28.6 Å². The van der Waals surface area contributed by atoms with Crippen molar-refractivity contribution < 1.29 is 53.4 Å². The number of cyclic esters (lactones) is 1. The molecule has 11 heteroatoms. The molecule has 2 saturated heterocycles. The summed E-state index contributed by atoms with van der Waals surface area (Å²) in [4.78, 5) is 40.2. The average Bonchev–Trinajstić information content (AvgIpc) is 3.51. The van der Waals surface area contributed by atoms with E-state index in [1.165, 1.54) is 19.5 Å². The number of aliphatic hydroxyl groups is 4. The van der Waals surface area contributed by atoms with Gasteiger partial charge in [0.15, 0.2) is 11.9 Å². The Balaban J connectivity index is 1.52. The Bertz CT molecular complexity index is 1290. The normalized spacial score (nSPS) is 56.4. The van der Waals surface area contributed by atoms with Crippen LogP contribution in [0.1, 0.15) is 58.1 Å². The van der Waals surface area contributed by atoms with Gasteiger partial charge in [0.2, 0.25) is 5.79 Å². The lowest BCUT2D eigenvalue weighted by Crippen LogP contribution is -2.72. The minimum atomic E-state index is -2.68. The second-order valence-electron chi connectivity index (χ2n) is 13.1. The molecule has 38 heavy (non-hydrogen) atoms. The highest BCUT2D eigenvalue weighted by Crippen LogP contribution is 2.86. The van der Waals surface area contributed by atoms with Crippen molar-refractivity contribution in [2.45, 2.75) is 81.3 Å². The van der Waals surface area contributed by atoms with Crippen LogP contribution in [-0.4, -0.2) is 74.0 Å². The zero-order chi connectivity index (χ0) is 27.5. The summed E-state index contributed by atoms with van der Waals surface area (Å²) in [5.74, 6) is -8.75. The van der Waals surface area contributed by atoms with Crippen LogP contribution >= 0.6 is 0 Å². The number of carbonyl (C=O) groups excluding carboxylic acids is 3. The van der Waals surface area contributed by atoms with Gasteiger partial charge in [0.25, 0.3) is 0 Å². The van der Waals surface area contributed by atoms with Gasteiger partial charge in [-0.3, -0.25) is 9.59 Å². The molecule has 1 aromatic heterocycles. The summed E-state index contributed by atoms with van der Waals surface area (Å²) >= 11 is 0. The third-order valence-electron chi connectivity index (χ3n) is 12.0. The third kappa shape index (κ3) is 2.04. The van der Waals surface area contributed by atoms with Crippen LogP contribution in [0.15, 0.2) is 23.0 Å². The Kier molecular flexibility index (Phi) is 4.24. The van der Waals surface area contributed by atoms with Crippen molar-refractivity contribution in [2.75, 3.05) is 7.11 Å². The lowest BCUT2D eigenvalue weighted by atomic mass is 9.45. The SMILES string of the molecule is COC(=O)[C@@H](O)[C@H]1C2(C)CC3(O)C4C5(O)[C@H](CC[C@@]6(C)[C@H](c7ccoc7)OC(=O)C[C@]56O[C@@]4(O)C2=O)[C@]13C. The summed E-state index contributed by atoms with van der Waals surface area (Å²) < 4.78 is 22.3. The van der Waals surface area contributed by atoms with Crippen molar-refractivity contribution in [1.29, 1.82) is 0 Å². The molecule has 7 rings (SSSR count). The summed E-state index contributed by atoms with van der Waals surface area (Å²) in [6, 6.07) is 1.65. The molecule has 0 radical (unpaired) electrons. The number of Topliss-reactive ketones (excluding diaryl/α,β-unsaturated/α-hetero) is 1. The van der Waals surface area contributed by atoms with Crippen molar-refractivity contribution in [3.8, 4) is 0 Å². The number of ketones is 1. The topological polar surface area (TPSA) is 173 Å². The van der Waals surface area contributed by atoms with Crippen LogP contribution in [0.4, 0.5) is 0 Å². The molecule has 4 saturated carbocycles. The van der Waals surface area contributed by atoms with E-state index in [9.17, 15) is 34.8 Å². The molecular weight excluding hydrogens is 500 g/mol. The molecule has 6 fully saturated rings. The molecule has 0 aromatic carbocycles. The van der Waals surface area contributed by atoms with Crippen LogP contribution in [0.2, 0.25) is 0 Å². The van der Waals surface area contributed by atoms with Gasteiger partial charge in [-0.15, -0.1) is 0 Å². The molecule has 1 aromatic rings. The third-order valence-corrected chi connectivity index (χ3v) is 12.0. The van der Waals surface area contributed by atoms with Gasteiger partial charge in [0.05, 0.1) is 37.6 Å². The van der Waals surface area contributed by atoms with Crippen LogP contribution in [0.5, 0.6) is 0 Å². The predicted molar refractivity (Wildman–Crippen MR) is 122 cm³/mol. The van der Waals surface area contributed by atoms with E-state index >= 15 is 0 Å². The number of carbonyl (C=O) groups is 3. The van der Waals surface area contributed by atoms with Crippen molar-refractivity contribution in [3.63, 3.8) is 0 Å². The molecule has 0 amide bonds. The van der Waals surface area contributed by atoms with E-state index in [1.54, 1.807) is 19.9 Å². The van der Waals surface area contributed by atoms with Crippen LogP contribution in [0.25, 0.3) is 0 Å². The summed E-state index contributed by atoms with van der Waals surface area (Å²) in [5, 5.41) is 49.0. The molecule has 2 bridgehead atoms. The van der Waals surface area contributed by atoms with Crippen molar-refractivity contribution in [1.82, 2.24) is 0 Å². The van der Waals surface area contributed by atoms with Crippen LogP contribution < -0.4 is 0 Å². The highest BCUT2D eigenvalue weighted by atomic mass is 16.7. The molecule has 4 unspecified atom stereocenters. The van der Waals surface area contributed by atoms with E-state index in [-0.39, 0.29) is 12.8 Å². The van der Waals surface area contributed by atoms with Gasteiger partial charge < -0.3 is 39.1 Å². The molecule has 2 aliphatic heterocycles.